The molecule has 8 aromatic carbocycles. The number of benzene rings is 8. The third kappa shape index (κ3) is 17.8. The lowest BCUT2D eigenvalue weighted by Crippen LogP contribution is -2.32. The number of para-hydroxylation sites is 3. The van der Waals surface area contributed by atoms with Crippen molar-refractivity contribution < 1.29 is 23.6 Å². The van der Waals surface area contributed by atoms with Crippen molar-refractivity contribution in [1.29, 1.82) is 0 Å². The van der Waals surface area contributed by atoms with Crippen molar-refractivity contribution in [3.63, 3.8) is 0 Å². The predicted molar refractivity (Wildman–Crippen MR) is 530 cm³/mol. The summed E-state index contributed by atoms with van der Waals surface area (Å²) >= 11 is 18.9. The summed E-state index contributed by atoms with van der Waals surface area (Å²) in [7, 11) is 1.85. The van der Waals surface area contributed by atoms with E-state index in [0.717, 1.165) is 16.5 Å². The molecule has 4 atom stereocenters. The molecule has 0 saturated heterocycles. The van der Waals surface area contributed by atoms with Crippen LogP contribution in [0.2, 0.25) is 15.1 Å². The summed E-state index contributed by atoms with van der Waals surface area (Å²) in [5.41, 5.74) is 11.2. The zero-order chi connectivity index (χ0) is 96.6. The van der Waals surface area contributed by atoms with Gasteiger partial charge in [0.1, 0.15) is 28.1 Å². The molecule has 0 fully saturated rings. The van der Waals surface area contributed by atoms with Crippen LogP contribution in [0.4, 0.5) is 4.39 Å². The van der Waals surface area contributed by atoms with Gasteiger partial charge in [-0.1, -0.05) is 132 Å². The monoisotopic (exact) mass is 1890 g/mol. The SMILES string of the molecule is Cc1nn2cccnc2c1C(=O)N[C@@H](C)c1cc2c(Cl)cccc2c(=O)n1-c1ccccc1.Cc1nn2cccnc2c1C(=O)N[C@@H](C)c1cc2cc(Cl)ccc2c(=O)n1-c1ccccc1.Cc1nn2cccnc2c1C(=O)N[C@@H](C)c1cc2cccc(-c3cnn(C)c3)c2c(=O)n1-c1ccccc1.Cc1nn2cccnc2c1C(=O)N[C@@H](C)c1cc2cccc(Cl)c2c(=O)n1-c1cccc(F)c1. The third-order valence-electron chi connectivity index (χ3n) is 23.6. The highest BCUT2D eigenvalue weighted by Gasteiger charge is 2.30. The standard InChI is InChI=1S/C29H25N7O2.C25H19ClFN5O2.2C25H20ClN5O2/c1-18(32-28(37)25-19(2)33-35-14-8-13-30-27(25)35)24-15-20-9-7-12-23(21-16-31-34(3)17-21)26(20)29(38)36(24)22-10-5-4-6-11-22;1-14(29-24(33)21-15(2)30-31-11-5-10-28-23(21)31)20-12-16-6-3-9-19(26)22(16)25(34)32(20)18-8-4-7-17(27)13-18;1-15(28-24(32)22-16(2)29-30-13-7-12-27-23(22)30)21-14-19-18(10-6-11-20(19)26)25(33)31(21)17-8-4-3-5-9-17;1-15(28-24(32)22-16(2)29-30-12-6-11-27-23(22)30)21-14-17-13-18(26)9-10-20(17)25(33)31(21)19-7-4-3-5-8-19/h4-18H,1-3H3,(H,32,37);3-14H,1-2H3,(H,29,33);2*3-15H,1-2H3,(H,28,32)/t18-;14-;2*15-/m0000/s1. The molecule has 0 bridgehead atoms. The van der Waals surface area contributed by atoms with Gasteiger partial charge in [-0.15, -0.1) is 0 Å². The van der Waals surface area contributed by atoms with Crippen LogP contribution in [0.5, 0.6) is 0 Å². The molecule has 0 aliphatic carbocycles. The maximum absolute atomic E-state index is 14.2. The number of halogens is 4. The van der Waals surface area contributed by atoms with Crippen LogP contribution in [0.1, 0.15) is 139 Å². The highest BCUT2D eigenvalue weighted by molar-refractivity contribution is 6.36. The van der Waals surface area contributed by atoms with Gasteiger partial charge in [-0.2, -0.15) is 25.5 Å². The molecule has 21 rings (SSSR count). The lowest BCUT2D eigenvalue weighted by Gasteiger charge is -2.21. The molecule has 4 N–H and O–H groups in total. The molecule has 30 nitrogen and oxygen atoms in total. The van der Waals surface area contributed by atoms with Crippen molar-refractivity contribution in [2.24, 2.45) is 7.05 Å². The molecule has 686 valence electrons. The van der Waals surface area contributed by atoms with Gasteiger partial charge in [0.05, 0.1) is 74.6 Å². The second-order valence-corrected chi connectivity index (χ2v) is 34.1. The van der Waals surface area contributed by atoms with Gasteiger partial charge in [-0.05, 0) is 217 Å². The van der Waals surface area contributed by atoms with Crippen LogP contribution in [0.3, 0.4) is 0 Å². The Bertz CT molecular complexity index is 8670. The minimum absolute atomic E-state index is 0.168. The molecule has 0 aliphatic rings. The molecule has 13 aromatic heterocycles. The van der Waals surface area contributed by atoms with E-state index in [-0.39, 0.29) is 40.3 Å². The molecule has 0 unspecified atom stereocenters. The zero-order valence-electron chi connectivity index (χ0n) is 75.4. The number of aromatic nitrogens is 18. The van der Waals surface area contributed by atoms with E-state index in [0.29, 0.717) is 166 Å². The number of aryl methyl sites for hydroxylation is 5. The highest BCUT2D eigenvalue weighted by atomic mass is 35.5. The second kappa shape index (κ2) is 38.5. The number of nitrogens with one attached hydrogen (secondary N) is 4. The van der Waals surface area contributed by atoms with Gasteiger partial charge >= 0.3 is 0 Å². The van der Waals surface area contributed by atoms with Crippen LogP contribution in [0.25, 0.3) is 99.6 Å². The minimum Gasteiger partial charge on any atom is -0.344 e. The number of amides is 4. The van der Waals surface area contributed by atoms with Crippen molar-refractivity contribution >= 4 is 124 Å². The minimum atomic E-state index is -0.620. The van der Waals surface area contributed by atoms with E-state index in [2.05, 4.69) is 66.7 Å². The lowest BCUT2D eigenvalue weighted by molar-refractivity contribution is 0.0931. The fourth-order valence-corrected chi connectivity index (χ4v) is 17.9. The number of carbonyl (C=O) groups excluding carboxylic acids is 4. The van der Waals surface area contributed by atoms with Gasteiger partial charge in [0.15, 0.2) is 22.6 Å². The molecule has 0 saturated carbocycles. The largest absolute Gasteiger partial charge is 0.344 e. The molecule has 21 aromatic rings. The number of nitrogens with zero attached hydrogens (tertiary/aromatic N) is 18. The summed E-state index contributed by atoms with van der Waals surface area (Å²) < 4.78 is 28.4. The van der Waals surface area contributed by atoms with Gasteiger partial charge < -0.3 is 21.3 Å². The summed E-state index contributed by atoms with van der Waals surface area (Å²) in [5, 5.41) is 39.9. The summed E-state index contributed by atoms with van der Waals surface area (Å²) in [6.07, 6.45) is 17.1. The Labute approximate surface area is 799 Å². The fraction of sp³-hybridized carbons (Fsp3) is 0.125. The van der Waals surface area contributed by atoms with Crippen LogP contribution in [-0.4, -0.2) is 110 Å². The predicted octanol–water partition coefficient (Wildman–Crippen LogP) is 17.8. The number of rotatable bonds is 17. The van der Waals surface area contributed by atoms with Crippen molar-refractivity contribution in [2.45, 2.75) is 79.6 Å². The smallest absolute Gasteiger partial charge is 0.264 e. The Balaban J connectivity index is 0.000000122. The molecule has 0 spiro atoms. The number of hydrogen-bond acceptors (Lipinski definition) is 17. The van der Waals surface area contributed by atoms with Crippen molar-refractivity contribution in [1.82, 2.24) is 108 Å². The molecular weight excluding hydrogens is 1810 g/mol. The van der Waals surface area contributed by atoms with Gasteiger partial charge in [0.2, 0.25) is 0 Å². The van der Waals surface area contributed by atoms with E-state index < -0.39 is 35.5 Å². The topological polar surface area (TPSA) is 343 Å². The van der Waals surface area contributed by atoms with E-state index in [1.807, 2.05) is 161 Å². The average molecular weight is 1900 g/mol. The molecule has 13 heterocycles. The third-order valence-corrected chi connectivity index (χ3v) is 24.5. The molecule has 34 heteroatoms. The second-order valence-electron chi connectivity index (χ2n) is 32.8. The summed E-state index contributed by atoms with van der Waals surface area (Å²) in [6.45, 7) is 14.4. The Morgan fingerprint density at radius 3 is 1.14 bits per heavy atom. The number of hydrogen-bond donors (Lipinski definition) is 4. The zero-order valence-corrected chi connectivity index (χ0v) is 77.7. The Morgan fingerprint density at radius 1 is 0.348 bits per heavy atom. The summed E-state index contributed by atoms with van der Waals surface area (Å²) in [4.78, 5) is 125. The van der Waals surface area contributed by atoms with E-state index in [4.69, 9.17) is 34.8 Å². The van der Waals surface area contributed by atoms with E-state index in [1.54, 1.807) is 213 Å². The van der Waals surface area contributed by atoms with E-state index >= 15 is 0 Å². The molecule has 0 aliphatic heterocycles. The van der Waals surface area contributed by atoms with Gasteiger partial charge in [-0.3, -0.25) is 61.3 Å². The first-order valence-electron chi connectivity index (χ1n) is 43.7. The van der Waals surface area contributed by atoms with Crippen molar-refractivity contribution in [3.05, 3.63) is 429 Å². The van der Waals surface area contributed by atoms with Crippen LogP contribution < -0.4 is 43.5 Å². The van der Waals surface area contributed by atoms with Gasteiger partial charge in [0, 0.05) is 134 Å². The first kappa shape index (κ1) is 91.5. The van der Waals surface area contributed by atoms with Crippen LogP contribution in [0.15, 0.2) is 318 Å². The first-order valence-corrected chi connectivity index (χ1v) is 44.9. The number of fused-ring (bicyclic) bond motifs is 8. The van der Waals surface area contributed by atoms with Gasteiger partial charge in [0.25, 0.3) is 45.9 Å². The maximum Gasteiger partial charge on any atom is 0.264 e. The maximum atomic E-state index is 14.2. The lowest BCUT2D eigenvalue weighted by atomic mass is 9.99. The normalized spacial score (nSPS) is 12.2. The molecule has 0 radical (unpaired) electrons. The van der Waals surface area contributed by atoms with Gasteiger partial charge in [-0.25, -0.2) is 42.4 Å². The first-order chi connectivity index (χ1) is 66.7. The van der Waals surface area contributed by atoms with Crippen molar-refractivity contribution in [3.8, 4) is 33.9 Å². The quantitative estimate of drug-likeness (QED) is 0.0658. The van der Waals surface area contributed by atoms with Crippen LogP contribution in [-0.2, 0) is 7.05 Å². The van der Waals surface area contributed by atoms with Crippen LogP contribution >= 0.6 is 34.8 Å². The van der Waals surface area contributed by atoms with Crippen molar-refractivity contribution in [2.75, 3.05) is 0 Å². The van der Waals surface area contributed by atoms with E-state index in [1.165, 1.54) is 27.3 Å². The summed E-state index contributed by atoms with van der Waals surface area (Å²) in [5.74, 6) is -1.81. The Morgan fingerprint density at radius 2 is 0.710 bits per heavy atom. The molecular formula is C104H84Cl3FN22O8. The fourth-order valence-electron chi connectivity index (χ4n) is 17.3. The number of pyridine rings is 4. The van der Waals surface area contributed by atoms with E-state index in [9.17, 15) is 42.7 Å². The Hall–Kier alpha value is -17.0. The molecule has 4 amide bonds. The summed E-state index contributed by atoms with van der Waals surface area (Å²) in [6, 6.07) is 67.6. The Kier molecular flexibility index (Phi) is 25.5. The highest BCUT2D eigenvalue weighted by Crippen LogP contribution is 2.34. The molecule has 138 heavy (non-hydrogen) atoms. The van der Waals surface area contributed by atoms with Crippen LogP contribution in [0, 0.1) is 33.5 Å². The average Bonchev–Trinajstić information content (AvgIpc) is 1.59. The number of carbonyl (C=O) groups is 4.